The number of aliphatic hydroxyl groups is 1. The number of nitrogen functional groups attached to an aromatic ring is 1. The molecule has 3 aromatic rings. The Morgan fingerprint density at radius 1 is 1.12 bits per heavy atom. The maximum Gasteiger partial charge on any atom is 0.137 e. The number of hydrogen-bond donors (Lipinski definition) is 3. The highest BCUT2D eigenvalue weighted by atomic mass is 32.2. The topological polar surface area (TPSA) is 109 Å². The van der Waals surface area contributed by atoms with Crippen molar-refractivity contribution in [1.82, 2.24) is 0 Å². The molecule has 0 amide bonds. The van der Waals surface area contributed by atoms with Crippen LogP contribution in [0.3, 0.4) is 0 Å². The van der Waals surface area contributed by atoms with Crippen molar-refractivity contribution in [3.05, 3.63) is 88.8 Å². The van der Waals surface area contributed by atoms with E-state index in [1.807, 2.05) is 18.2 Å². The van der Waals surface area contributed by atoms with Crippen molar-refractivity contribution in [1.29, 1.82) is 5.26 Å². The van der Waals surface area contributed by atoms with Crippen molar-refractivity contribution in [3.63, 3.8) is 0 Å². The molecule has 1 unspecified atom stereocenters. The van der Waals surface area contributed by atoms with Crippen LogP contribution in [0.25, 0.3) is 5.57 Å². The van der Waals surface area contributed by atoms with Crippen LogP contribution in [0.4, 0.5) is 5.69 Å². The standard InChI is InChI=1S/C20H17N3O2S/c21-12-15(20(23)26-18-9-2-1-7-16(18)22)13-5-3-6-14(11-13)19(24)17-8-4-10-25-17/h1-11,19,24H,22-23H2/b20-15+. The maximum absolute atomic E-state index is 10.4. The summed E-state index contributed by atoms with van der Waals surface area (Å²) in [6.07, 6.45) is 0.589. The Morgan fingerprint density at radius 3 is 2.62 bits per heavy atom. The zero-order valence-corrected chi connectivity index (χ0v) is 14.6. The molecule has 0 bridgehead atoms. The summed E-state index contributed by atoms with van der Waals surface area (Å²) in [4.78, 5) is 0.782. The lowest BCUT2D eigenvalue weighted by molar-refractivity contribution is 0.189. The molecule has 1 heterocycles. The van der Waals surface area contributed by atoms with E-state index in [0.717, 1.165) is 4.90 Å². The van der Waals surface area contributed by atoms with Gasteiger partial charge in [0, 0.05) is 10.6 Å². The molecule has 1 aromatic heterocycles. The third kappa shape index (κ3) is 3.75. The zero-order chi connectivity index (χ0) is 18.5. The summed E-state index contributed by atoms with van der Waals surface area (Å²) in [5, 5.41) is 20.4. The Morgan fingerprint density at radius 2 is 1.92 bits per heavy atom. The minimum absolute atomic E-state index is 0.326. The number of nitriles is 1. The van der Waals surface area contributed by atoms with Crippen molar-refractivity contribution in [3.8, 4) is 6.07 Å². The molecule has 0 saturated carbocycles. The second-order valence-electron chi connectivity index (χ2n) is 5.53. The summed E-state index contributed by atoms with van der Waals surface area (Å²) in [7, 11) is 0. The molecule has 0 fully saturated rings. The minimum Gasteiger partial charge on any atom is -0.466 e. The van der Waals surface area contributed by atoms with Crippen LogP contribution in [-0.4, -0.2) is 5.11 Å². The van der Waals surface area contributed by atoms with E-state index in [1.165, 1.54) is 18.0 Å². The summed E-state index contributed by atoms with van der Waals surface area (Å²) < 4.78 is 5.25. The molecule has 0 aliphatic heterocycles. The monoisotopic (exact) mass is 363 g/mol. The number of rotatable bonds is 5. The van der Waals surface area contributed by atoms with Gasteiger partial charge in [-0.05, 0) is 41.5 Å². The predicted molar refractivity (Wildman–Crippen MR) is 103 cm³/mol. The minimum atomic E-state index is -0.913. The average Bonchev–Trinajstić information content (AvgIpc) is 3.18. The van der Waals surface area contributed by atoms with Crippen molar-refractivity contribution in [2.75, 3.05) is 5.73 Å². The van der Waals surface area contributed by atoms with Crippen molar-refractivity contribution >= 4 is 23.0 Å². The average molecular weight is 363 g/mol. The molecule has 0 spiro atoms. The van der Waals surface area contributed by atoms with Crippen LogP contribution in [0.15, 0.2) is 81.3 Å². The van der Waals surface area contributed by atoms with Gasteiger partial charge in [-0.1, -0.05) is 42.1 Å². The van der Waals surface area contributed by atoms with Crippen molar-refractivity contribution < 1.29 is 9.52 Å². The molecule has 0 radical (unpaired) electrons. The first-order chi connectivity index (χ1) is 12.6. The number of furan rings is 1. The van der Waals surface area contributed by atoms with Gasteiger partial charge in [0.15, 0.2) is 0 Å². The smallest absolute Gasteiger partial charge is 0.137 e. The number of thioether (sulfide) groups is 1. The molecule has 5 nitrogen and oxygen atoms in total. The first-order valence-corrected chi connectivity index (χ1v) is 8.66. The molecule has 0 saturated heterocycles. The Balaban J connectivity index is 1.94. The van der Waals surface area contributed by atoms with Crippen molar-refractivity contribution in [2.24, 2.45) is 5.73 Å². The van der Waals surface area contributed by atoms with Gasteiger partial charge >= 0.3 is 0 Å². The molecule has 130 valence electrons. The predicted octanol–water partition coefficient (Wildman–Crippen LogP) is 3.89. The van der Waals surface area contributed by atoms with E-state index in [0.29, 0.717) is 33.2 Å². The highest BCUT2D eigenvalue weighted by molar-refractivity contribution is 8.03. The molecule has 0 aliphatic carbocycles. The summed E-state index contributed by atoms with van der Waals surface area (Å²) >= 11 is 1.24. The first kappa shape index (κ1) is 17.7. The van der Waals surface area contributed by atoms with E-state index in [1.54, 1.807) is 42.5 Å². The van der Waals surface area contributed by atoms with Gasteiger partial charge in [0.1, 0.15) is 17.9 Å². The fraction of sp³-hybridized carbons (Fsp3) is 0.0500. The van der Waals surface area contributed by atoms with Crippen LogP contribution in [0.2, 0.25) is 0 Å². The fourth-order valence-electron chi connectivity index (χ4n) is 2.48. The van der Waals surface area contributed by atoms with Gasteiger partial charge in [0.2, 0.25) is 0 Å². The SMILES string of the molecule is N#C/C(=C(/N)Sc1ccccc1N)c1cccc(C(O)c2ccco2)c1. The molecular weight excluding hydrogens is 346 g/mol. The van der Waals surface area contributed by atoms with Gasteiger partial charge in [-0.25, -0.2) is 0 Å². The van der Waals surface area contributed by atoms with E-state index in [2.05, 4.69) is 6.07 Å². The maximum atomic E-state index is 10.4. The lowest BCUT2D eigenvalue weighted by atomic mass is 10.0. The Bertz CT molecular complexity index is 975. The summed E-state index contributed by atoms with van der Waals surface area (Å²) in [5.74, 6) is 0.434. The number of allylic oxidation sites excluding steroid dienone is 1. The quantitative estimate of drug-likeness (QED) is 0.360. The van der Waals surface area contributed by atoms with Crippen molar-refractivity contribution in [2.45, 2.75) is 11.0 Å². The highest BCUT2D eigenvalue weighted by Gasteiger charge is 2.16. The third-order valence-electron chi connectivity index (χ3n) is 3.80. The second-order valence-corrected chi connectivity index (χ2v) is 6.62. The van der Waals surface area contributed by atoms with E-state index in [-0.39, 0.29) is 0 Å². The van der Waals surface area contributed by atoms with Crippen LogP contribution >= 0.6 is 11.8 Å². The van der Waals surface area contributed by atoms with E-state index >= 15 is 0 Å². The van der Waals surface area contributed by atoms with Crippen LogP contribution in [0.5, 0.6) is 0 Å². The Kier molecular flexibility index (Phi) is 5.32. The van der Waals surface area contributed by atoms with Gasteiger partial charge in [-0.3, -0.25) is 0 Å². The summed E-state index contributed by atoms with van der Waals surface area (Å²) in [6.45, 7) is 0. The number of anilines is 1. The molecule has 2 aromatic carbocycles. The normalized spacial score (nSPS) is 12.9. The van der Waals surface area contributed by atoms with E-state index in [9.17, 15) is 10.4 Å². The lowest BCUT2D eigenvalue weighted by Crippen LogP contribution is -2.01. The molecular formula is C20H17N3O2S. The third-order valence-corrected chi connectivity index (χ3v) is 4.82. The number of aliphatic hydroxyl groups excluding tert-OH is 1. The fourth-order valence-corrected chi connectivity index (χ4v) is 3.32. The van der Waals surface area contributed by atoms with Gasteiger partial charge in [-0.15, -0.1) is 0 Å². The van der Waals surface area contributed by atoms with Crippen LogP contribution in [0.1, 0.15) is 23.0 Å². The van der Waals surface area contributed by atoms with E-state index < -0.39 is 6.10 Å². The molecule has 1 atom stereocenters. The molecule has 0 aliphatic rings. The molecule has 5 N–H and O–H groups in total. The zero-order valence-electron chi connectivity index (χ0n) is 13.8. The van der Waals surface area contributed by atoms with Gasteiger partial charge in [0.05, 0.1) is 16.9 Å². The lowest BCUT2D eigenvalue weighted by Gasteiger charge is -2.11. The summed E-state index contributed by atoms with van der Waals surface area (Å²) in [5.41, 5.74) is 14.3. The molecule has 3 rings (SSSR count). The highest BCUT2D eigenvalue weighted by Crippen LogP contribution is 2.33. The van der Waals surface area contributed by atoms with E-state index in [4.69, 9.17) is 15.9 Å². The number of hydrogen-bond acceptors (Lipinski definition) is 6. The largest absolute Gasteiger partial charge is 0.466 e. The van der Waals surface area contributed by atoms with Crippen LogP contribution < -0.4 is 11.5 Å². The van der Waals surface area contributed by atoms with Crippen LogP contribution in [0, 0.1) is 11.3 Å². The Labute approximate surface area is 155 Å². The van der Waals surface area contributed by atoms with Gasteiger partial charge in [0.25, 0.3) is 0 Å². The molecule has 26 heavy (non-hydrogen) atoms. The Hall–Kier alpha value is -3.14. The number of benzene rings is 2. The number of para-hydroxylation sites is 1. The first-order valence-electron chi connectivity index (χ1n) is 7.84. The number of nitrogens with two attached hydrogens (primary N) is 2. The van der Waals surface area contributed by atoms with Gasteiger partial charge < -0.3 is 21.0 Å². The second kappa shape index (κ2) is 7.83. The van der Waals surface area contributed by atoms with Crippen LogP contribution in [-0.2, 0) is 0 Å². The number of nitrogens with zero attached hydrogens (tertiary/aromatic N) is 1. The molecule has 6 heteroatoms. The van der Waals surface area contributed by atoms with Gasteiger partial charge in [-0.2, -0.15) is 5.26 Å². The summed E-state index contributed by atoms with van der Waals surface area (Å²) in [6, 6.07) is 19.9.